The molecule has 1 atom stereocenters. The number of ether oxygens (including phenoxy) is 1. The first kappa shape index (κ1) is 23.4. The molecular weight excluding hydrogens is 444 g/mol. The molecule has 2 aromatic carbocycles. The molecule has 35 heavy (non-hydrogen) atoms. The van der Waals surface area contributed by atoms with Crippen LogP contribution in [0.5, 0.6) is 0 Å². The maximum atomic E-state index is 13.2. The van der Waals surface area contributed by atoms with Gasteiger partial charge in [0.05, 0.1) is 0 Å². The standard InChI is InChI=1S/C28H32N2O5/c1-2-7-18(16-25(31)30-19-12-14-28(30,15-13-19)26(32)33)29-27(34)35-17-24-22-10-5-3-8-20(22)21-9-4-6-11-23(21)24/h3-6,8-11,18-19,24H,2,7,12-17H2,1H3,(H,29,34)(H,32,33). The molecule has 2 aromatic rings. The summed E-state index contributed by atoms with van der Waals surface area (Å²) in [5.41, 5.74) is 3.55. The quantitative estimate of drug-likeness (QED) is 0.576. The Morgan fingerprint density at radius 1 is 1.06 bits per heavy atom. The number of benzene rings is 2. The molecular formula is C28H32N2O5. The van der Waals surface area contributed by atoms with Gasteiger partial charge in [-0.05, 0) is 54.4 Å². The van der Waals surface area contributed by atoms with E-state index in [4.69, 9.17) is 4.74 Å². The van der Waals surface area contributed by atoms with Gasteiger partial charge in [-0.3, -0.25) is 4.79 Å². The Kier molecular flexibility index (Phi) is 6.26. The third-order valence-electron chi connectivity index (χ3n) is 8.00. The molecule has 1 aliphatic carbocycles. The van der Waals surface area contributed by atoms with Gasteiger partial charge in [0.2, 0.25) is 5.91 Å². The van der Waals surface area contributed by atoms with Crippen molar-refractivity contribution < 1.29 is 24.2 Å². The SMILES string of the molecule is CCCC(CC(=O)N1C2CCC1(C(=O)O)CC2)NC(=O)OCC1c2ccccc2-c2ccccc21. The van der Waals surface area contributed by atoms with Crippen LogP contribution in [-0.4, -0.2) is 52.2 Å². The normalized spacial score (nSPS) is 23.0. The van der Waals surface area contributed by atoms with E-state index >= 15 is 0 Å². The van der Waals surface area contributed by atoms with E-state index in [1.165, 1.54) is 11.1 Å². The Balaban J connectivity index is 1.23. The Bertz CT molecular complexity index is 1090. The highest BCUT2D eigenvalue weighted by atomic mass is 16.5. The average Bonchev–Trinajstić information content (AvgIpc) is 3.52. The first-order valence-electron chi connectivity index (χ1n) is 12.6. The first-order chi connectivity index (χ1) is 16.9. The zero-order chi connectivity index (χ0) is 24.6. The van der Waals surface area contributed by atoms with Gasteiger partial charge in [0.1, 0.15) is 12.1 Å². The first-order valence-corrected chi connectivity index (χ1v) is 12.6. The number of amides is 2. The second kappa shape index (κ2) is 9.36. The fourth-order valence-electron chi connectivity index (χ4n) is 6.38. The minimum absolute atomic E-state index is 0.00432. The summed E-state index contributed by atoms with van der Waals surface area (Å²) in [6, 6.07) is 15.9. The van der Waals surface area contributed by atoms with E-state index in [9.17, 15) is 19.5 Å². The van der Waals surface area contributed by atoms with E-state index < -0.39 is 23.6 Å². The summed E-state index contributed by atoms with van der Waals surface area (Å²) in [6.45, 7) is 2.21. The number of carboxylic acid groups (broad SMARTS) is 1. The molecule has 2 saturated heterocycles. The molecule has 2 heterocycles. The molecule has 7 nitrogen and oxygen atoms in total. The summed E-state index contributed by atoms with van der Waals surface area (Å²) in [6.07, 6.45) is 3.43. The minimum atomic E-state index is -1.07. The lowest BCUT2D eigenvalue weighted by molar-refractivity contribution is -0.155. The predicted octanol–water partition coefficient (Wildman–Crippen LogP) is 4.69. The van der Waals surface area contributed by atoms with Gasteiger partial charge in [0.25, 0.3) is 0 Å². The predicted molar refractivity (Wildman–Crippen MR) is 131 cm³/mol. The Morgan fingerprint density at radius 2 is 1.66 bits per heavy atom. The fraction of sp³-hybridized carbons (Fsp3) is 0.464. The van der Waals surface area contributed by atoms with Crippen molar-refractivity contribution in [1.82, 2.24) is 10.2 Å². The average molecular weight is 477 g/mol. The number of rotatable bonds is 8. The van der Waals surface area contributed by atoms with E-state index in [-0.39, 0.29) is 30.9 Å². The van der Waals surface area contributed by atoms with Gasteiger partial charge in [-0.1, -0.05) is 61.9 Å². The molecule has 184 valence electrons. The van der Waals surface area contributed by atoms with Gasteiger partial charge in [-0.25, -0.2) is 9.59 Å². The summed E-state index contributed by atoms with van der Waals surface area (Å²) < 4.78 is 5.67. The lowest BCUT2D eigenvalue weighted by Crippen LogP contribution is -2.52. The number of carbonyl (C=O) groups is 3. The van der Waals surface area contributed by atoms with Crippen LogP contribution < -0.4 is 5.32 Å². The fourth-order valence-corrected chi connectivity index (χ4v) is 6.38. The van der Waals surface area contributed by atoms with Crippen LogP contribution in [0.1, 0.15) is 68.9 Å². The van der Waals surface area contributed by atoms with Crippen LogP contribution in [0.2, 0.25) is 0 Å². The maximum absolute atomic E-state index is 13.2. The van der Waals surface area contributed by atoms with Crippen molar-refractivity contribution in [3.05, 3.63) is 59.7 Å². The van der Waals surface area contributed by atoms with Crippen molar-refractivity contribution in [2.24, 2.45) is 0 Å². The molecule has 2 aliphatic heterocycles. The third-order valence-corrected chi connectivity index (χ3v) is 8.00. The number of hydrogen-bond donors (Lipinski definition) is 2. The van der Waals surface area contributed by atoms with E-state index in [2.05, 4.69) is 29.6 Å². The van der Waals surface area contributed by atoms with E-state index in [1.54, 1.807) is 4.90 Å². The Labute approximate surface area is 205 Å². The monoisotopic (exact) mass is 476 g/mol. The molecule has 0 radical (unpaired) electrons. The van der Waals surface area contributed by atoms with Crippen molar-refractivity contribution in [3.63, 3.8) is 0 Å². The molecule has 7 heteroatoms. The number of hydrogen-bond acceptors (Lipinski definition) is 4. The molecule has 0 saturated carbocycles. The lowest BCUT2D eigenvalue weighted by atomic mass is 9.88. The van der Waals surface area contributed by atoms with E-state index in [0.717, 1.165) is 30.4 Å². The van der Waals surface area contributed by atoms with Crippen LogP contribution in [0.4, 0.5) is 4.79 Å². The van der Waals surface area contributed by atoms with Crippen molar-refractivity contribution in [3.8, 4) is 11.1 Å². The third kappa shape index (κ3) is 4.07. The second-order valence-corrected chi connectivity index (χ2v) is 9.99. The Morgan fingerprint density at radius 3 is 2.23 bits per heavy atom. The molecule has 5 rings (SSSR count). The number of aliphatic carboxylic acids is 1. The summed E-state index contributed by atoms with van der Waals surface area (Å²) in [5.74, 6) is -1.14. The highest BCUT2D eigenvalue weighted by Crippen LogP contribution is 2.47. The summed E-state index contributed by atoms with van der Waals surface area (Å²) in [4.78, 5) is 39.5. The summed E-state index contributed by atoms with van der Waals surface area (Å²) in [5, 5.41) is 12.7. The van der Waals surface area contributed by atoms with Crippen molar-refractivity contribution >= 4 is 18.0 Å². The number of alkyl carbamates (subject to hydrolysis) is 1. The molecule has 0 aromatic heterocycles. The number of fused-ring (bicyclic) bond motifs is 5. The Hall–Kier alpha value is -3.35. The zero-order valence-electron chi connectivity index (χ0n) is 20.0. The van der Waals surface area contributed by atoms with Gasteiger partial charge in [-0.15, -0.1) is 0 Å². The minimum Gasteiger partial charge on any atom is -0.479 e. The van der Waals surface area contributed by atoms with Crippen LogP contribution in [0.15, 0.2) is 48.5 Å². The second-order valence-electron chi connectivity index (χ2n) is 9.99. The van der Waals surface area contributed by atoms with Crippen molar-refractivity contribution in [2.45, 2.75) is 75.4 Å². The number of carbonyl (C=O) groups excluding carboxylic acids is 2. The smallest absolute Gasteiger partial charge is 0.407 e. The van der Waals surface area contributed by atoms with Gasteiger partial charge in [-0.2, -0.15) is 0 Å². The molecule has 0 spiro atoms. The van der Waals surface area contributed by atoms with Crippen LogP contribution in [0.25, 0.3) is 11.1 Å². The zero-order valence-corrected chi connectivity index (χ0v) is 20.0. The maximum Gasteiger partial charge on any atom is 0.407 e. The summed E-state index contributed by atoms with van der Waals surface area (Å²) >= 11 is 0. The van der Waals surface area contributed by atoms with Crippen molar-refractivity contribution in [1.29, 1.82) is 0 Å². The topological polar surface area (TPSA) is 95.9 Å². The van der Waals surface area contributed by atoms with Gasteiger partial charge in [0, 0.05) is 24.4 Å². The van der Waals surface area contributed by atoms with Gasteiger partial charge < -0.3 is 20.1 Å². The largest absolute Gasteiger partial charge is 0.479 e. The van der Waals surface area contributed by atoms with Crippen LogP contribution in [0.3, 0.4) is 0 Å². The van der Waals surface area contributed by atoms with E-state index in [0.29, 0.717) is 19.3 Å². The number of nitrogens with one attached hydrogen (secondary N) is 1. The van der Waals surface area contributed by atoms with Gasteiger partial charge >= 0.3 is 12.1 Å². The number of nitrogens with zero attached hydrogens (tertiary/aromatic N) is 1. The summed E-state index contributed by atoms with van der Waals surface area (Å²) in [7, 11) is 0. The van der Waals surface area contributed by atoms with E-state index in [1.807, 2.05) is 31.2 Å². The molecule has 3 aliphatic rings. The van der Waals surface area contributed by atoms with Crippen LogP contribution in [0, 0.1) is 0 Å². The highest BCUT2D eigenvalue weighted by molar-refractivity contribution is 5.89. The lowest BCUT2D eigenvalue weighted by Gasteiger charge is -2.32. The van der Waals surface area contributed by atoms with Crippen LogP contribution in [-0.2, 0) is 14.3 Å². The molecule has 1 unspecified atom stereocenters. The van der Waals surface area contributed by atoms with Crippen molar-refractivity contribution in [2.75, 3.05) is 6.61 Å². The molecule has 2 fully saturated rings. The molecule has 2 amide bonds. The number of carboxylic acids is 1. The molecule has 2 N–H and O–H groups in total. The van der Waals surface area contributed by atoms with Crippen LogP contribution >= 0.6 is 0 Å². The van der Waals surface area contributed by atoms with Gasteiger partial charge in [0.15, 0.2) is 0 Å². The highest BCUT2D eigenvalue weighted by Gasteiger charge is 2.58. The molecule has 2 bridgehead atoms.